The largest absolute Gasteiger partial charge is 0.287 e. The Balaban J connectivity index is 2.61. The van der Waals surface area contributed by atoms with Crippen molar-refractivity contribution in [2.24, 2.45) is 0 Å². The van der Waals surface area contributed by atoms with Crippen molar-refractivity contribution in [1.82, 2.24) is 9.97 Å². The zero-order valence-corrected chi connectivity index (χ0v) is 8.17. The van der Waals surface area contributed by atoms with Crippen LogP contribution in [0.15, 0.2) is 23.4 Å². The van der Waals surface area contributed by atoms with Crippen LogP contribution in [0.1, 0.15) is 21.0 Å². The Hall–Kier alpha value is -1.49. The smallest absolute Gasteiger partial charge is 0.220 e. The number of Topliss-reactive ketones (excluding diaryl/α,β-unsaturated/α-hetero) is 1. The van der Waals surface area contributed by atoms with Gasteiger partial charge in [-0.1, -0.05) is 0 Å². The molecule has 2 rings (SSSR count). The second-order valence-electron chi connectivity index (χ2n) is 2.66. The lowest BCUT2D eigenvalue weighted by Gasteiger charge is -2.10. The molecule has 1 heterocycles. The maximum Gasteiger partial charge on any atom is 0.220 e. The Morgan fingerprint density at radius 2 is 1.79 bits per heavy atom. The highest BCUT2D eigenvalue weighted by Crippen LogP contribution is 2.23. The zero-order valence-electron chi connectivity index (χ0n) is 7.35. The molecule has 0 saturated carbocycles. The van der Waals surface area contributed by atoms with Gasteiger partial charge in [0.2, 0.25) is 11.6 Å². The summed E-state index contributed by atoms with van der Waals surface area (Å²) in [6, 6.07) is 0. The number of ketones is 2. The molecule has 0 N–H and O–H groups in total. The van der Waals surface area contributed by atoms with E-state index in [9.17, 15) is 9.59 Å². The molecular weight excluding hydrogens is 200 g/mol. The lowest BCUT2D eigenvalue weighted by atomic mass is 10.1. The molecule has 1 aromatic heterocycles. The first-order valence-corrected chi connectivity index (χ1v) is 5.12. The third-order valence-corrected chi connectivity index (χ3v) is 2.60. The van der Waals surface area contributed by atoms with E-state index in [-0.39, 0.29) is 23.0 Å². The van der Waals surface area contributed by atoms with Crippen LogP contribution in [0.3, 0.4) is 0 Å². The molecule has 1 aliphatic rings. The van der Waals surface area contributed by atoms with E-state index in [2.05, 4.69) is 9.97 Å². The van der Waals surface area contributed by atoms with Crippen LogP contribution in [-0.4, -0.2) is 27.8 Å². The van der Waals surface area contributed by atoms with Crippen molar-refractivity contribution in [3.8, 4) is 0 Å². The van der Waals surface area contributed by atoms with Gasteiger partial charge in [-0.05, 0) is 6.26 Å². The molecule has 0 fully saturated rings. The summed E-state index contributed by atoms with van der Waals surface area (Å²) in [6.07, 6.45) is 5.87. The molecule has 0 unspecified atom stereocenters. The topological polar surface area (TPSA) is 59.9 Å². The molecule has 1 aliphatic carbocycles. The number of fused-ring (bicyclic) bond motifs is 1. The van der Waals surface area contributed by atoms with Gasteiger partial charge in [0.25, 0.3) is 0 Å². The van der Waals surface area contributed by atoms with Crippen LogP contribution in [0.4, 0.5) is 0 Å². The third kappa shape index (κ3) is 1.26. The lowest BCUT2D eigenvalue weighted by Crippen LogP contribution is -2.18. The number of nitrogens with zero attached hydrogens (tertiary/aromatic N) is 2. The first-order valence-electron chi connectivity index (χ1n) is 3.89. The highest BCUT2D eigenvalue weighted by molar-refractivity contribution is 8.03. The fraction of sp³-hybridized carbons (Fsp3) is 0.111. The molecule has 4 nitrogen and oxygen atoms in total. The molecule has 0 aromatic carbocycles. The number of hydrogen-bond donors (Lipinski definition) is 0. The molecule has 1 aromatic rings. The number of hydrogen-bond acceptors (Lipinski definition) is 5. The van der Waals surface area contributed by atoms with Crippen LogP contribution in [0.5, 0.6) is 0 Å². The minimum atomic E-state index is -0.253. The monoisotopic (exact) mass is 206 g/mol. The van der Waals surface area contributed by atoms with Crippen LogP contribution in [0.2, 0.25) is 0 Å². The zero-order chi connectivity index (χ0) is 10.1. The third-order valence-electron chi connectivity index (χ3n) is 1.85. The van der Waals surface area contributed by atoms with E-state index in [1.807, 2.05) is 0 Å². The molecule has 14 heavy (non-hydrogen) atoms. The summed E-state index contributed by atoms with van der Waals surface area (Å²) in [5.74, 6) is -0.475. The van der Waals surface area contributed by atoms with E-state index < -0.39 is 0 Å². The number of thioether (sulfide) groups is 1. The average molecular weight is 206 g/mol. The first kappa shape index (κ1) is 9.08. The number of rotatable bonds is 1. The first-order chi connectivity index (χ1) is 6.74. The van der Waals surface area contributed by atoms with Gasteiger partial charge >= 0.3 is 0 Å². The second kappa shape index (κ2) is 3.34. The second-order valence-corrected chi connectivity index (χ2v) is 3.51. The van der Waals surface area contributed by atoms with Crippen LogP contribution in [0, 0.1) is 0 Å². The maximum absolute atomic E-state index is 11.6. The Bertz CT molecular complexity index is 454. The molecule has 5 heteroatoms. The number of carbonyl (C=O) groups is 2. The molecule has 0 bridgehead atoms. The van der Waals surface area contributed by atoms with Gasteiger partial charge < -0.3 is 0 Å². The quantitative estimate of drug-likeness (QED) is 0.688. The fourth-order valence-corrected chi connectivity index (χ4v) is 1.71. The SMILES string of the molecule is CSC1=CC(=O)c2nccnc2C1=O. The van der Waals surface area contributed by atoms with Crippen LogP contribution in [0.25, 0.3) is 0 Å². The summed E-state index contributed by atoms with van der Waals surface area (Å²) >= 11 is 1.24. The summed E-state index contributed by atoms with van der Waals surface area (Å²) in [5, 5.41) is 0. The van der Waals surface area contributed by atoms with E-state index >= 15 is 0 Å². The van der Waals surface area contributed by atoms with Crippen molar-refractivity contribution in [2.45, 2.75) is 0 Å². The normalized spacial score (nSPS) is 15.1. The van der Waals surface area contributed by atoms with Gasteiger partial charge in [-0.25, -0.2) is 9.97 Å². The highest BCUT2D eigenvalue weighted by atomic mass is 32.2. The van der Waals surface area contributed by atoms with E-state index in [0.717, 1.165) is 0 Å². The van der Waals surface area contributed by atoms with Gasteiger partial charge in [0.05, 0.1) is 4.91 Å². The van der Waals surface area contributed by atoms with E-state index in [1.54, 1.807) is 6.26 Å². The van der Waals surface area contributed by atoms with Gasteiger partial charge in [-0.15, -0.1) is 11.8 Å². The van der Waals surface area contributed by atoms with Crippen LogP contribution >= 0.6 is 11.8 Å². The summed E-state index contributed by atoms with van der Waals surface area (Å²) < 4.78 is 0. The molecule has 0 amide bonds. The summed E-state index contributed by atoms with van der Waals surface area (Å²) in [5.41, 5.74) is 0.305. The Labute approximate surface area is 84.4 Å². The average Bonchev–Trinajstić information content (AvgIpc) is 2.23. The molecule has 0 aliphatic heterocycles. The Morgan fingerprint density at radius 3 is 2.43 bits per heavy atom. The van der Waals surface area contributed by atoms with Crippen LogP contribution < -0.4 is 0 Å². The van der Waals surface area contributed by atoms with E-state index in [0.29, 0.717) is 4.91 Å². The number of allylic oxidation sites excluding steroid dienone is 2. The number of aromatic nitrogens is 2. The summed E-state index contributed by atoms with van der Waals surface area (Å²) in [4.78, 5) is 31.2. The van der Waals surface area contributed by atoms with Gasteiger partial charge in [-0.3, -0.25) is 9.59 Å². The molecule has 0 atom stereocenters. The minimum Gasteiger partial charge on any atom is -0.287 e. The van der Waals surface area contributed by atoms with Crippen molar-refractivity contribution >= 4 is 23.3 Å². The molecule has 0 radical (unpaired) electrons. The Morgan fingerprint density at radius 1 is 1.14 bits per heavy atom. The maximum atomic E-state index is 11.6. The van der Waals surface area contributed by atoms with Crippen LogP contribution in [-0.2, 0) is 0 Å². The van der Waals surface area contributed by atoms with E-state index in [1.165, 1.54) is 30.2 Å². The molecular formula is C9H6N2O2S. The van der Waals surface area contributed by atoms with Gasteiger partial charge in [-0.2, -0.15) is 0 Å². The summed E-state index contributed by atoms with van der Waals surface area (Å²) in [6.45, 7) is 0. The fourth-order valence-electron chi connectivity index (χ4n) is 1.21. The van der Waals surface area contributed by atoms with Gasteiger partial charge in [0.15, 0.2) is 0 Å². The van der Waals surface area contributed by atoms with E-state index in [4.69, 9.17) is 0 Å². The van der Waals surface area contributed by atoms with Crippen molar-refractivity contribution in [3.05, 3.63) is 34.8 Å². The van der Waals surface area contributed by atoms with Gasteiger partial charge in [0.1, 0.15) is 11.4 Å². The van der Waals surface area contributed by atoms with Crippen molar-refractivity contribution in [3.63, 3.8) is 0 Å². The molecule has 70 valence electrons. The molecule has 0 spiro atoms. The van der Waals surface area contributed by atoms with Crippen molar-refractivity contribution < 1.29 is 9.59 Å². The minimum absolute atomic E-state index is 0.148. The van der Waals surface area contributed by atoms with Crippen molar-refractivity contribution in [1.29, 1.82) is 0 Å². The Kier molecular flexibility index (Phi) is 2.17. The predicted octanol–water partition coefficient (Wildman–Crippen LogP) is 1.10. The standard InChI is InChI=1S/C9H6N2O2S/c1-14-6-4-5(12)7-8(9(6)13)11-3-2-10-7/h2-4H,1H3. The van der Waals surface area contributed by atoms with Gasteiger partial charge in [0, 0.05) is 18.5 Å². The highest BCUT2D eigenvalue weighted by Gasteiger charge is 2.27. The predicted molar refractivity (Wildman–Crippen MR) is 52.3 cm³/mol. The lowest BCUT2D eigenvalue weighted by molar-refractivity contribution is 0.0983. The number of carbonyl (C=O) groups excluding carboxylic acids is 2. The molecule has 0 saturated heterocycles. The summed E-state index contributed by atoms with van der Waals surface area (Å²) in [7, 11) is 0. The van der Waals surface area contributed by atoms with Crippen molar-refractivity contribution in [2.75, 3.05) is 6.26 Å².